The second-order valence-electron chi connectivity index (χ2n) is 5.30. The lowest BCUT2D eigenvalue weighted by Gasteiger charge is -2.31. The fraction of sp³-hybridized carbons (Fsp3) is 0.500. The first-order valence-corrected chi connectivity index (χ1v) is 11.3. The lowest BCUT2D eigenvalue weighted by atomic mass is 10.3. The standard InChI is InChI=1S/C14H17ClN2O3S3/c15-11-2-1-3-12(8-11)23(19,20)17-10-22-9-13(17)14(18)16-4-6-21-7-5-16/h1-3,8,13H,4-7,9-10H2. The monoisotopic (exact) mass is 392 g/mol. The summed E-state index contributed by atoms with van der Waals surface area (Å²) >= 11 is 9.20. The summed E-state index contributed by atoms with van der Waals surface area (Å²) in [6, 6.07) is 5.57. The summed E-state index contributed by atoms with van der Waals surface area (Å²) in [5.41, 5.74) is 0. The molecular weight excluding hydrogens is 376 g/mol. The van der Waals surface area contributed by atoms with Gasteiger partial charge in [0.1, 0.15) is 6.04 Å². The topological polar surface area (TPSA) is 57.7 Å². The lowest BCUT2D eigenvalue weighted by molar-refractivity contribution is -0.133. The molecule has 1 amide bonds. The van der Waals surface area contributed by atoms with E-state index in [4.69, 9.17) is 11.6 Å². The van der Waals surface area contributed by atoms with E-state index in [9.17, 15) is 13.2 Å². The van der Waals surface area contributed by atoms with Gasteiger partial charge in [-0.15, -0.1) is 11.8 Å². The van der Waals surface area contributed by atoms with E-state index in [1.54, 1.807) is 17.0 Å². The van der Waals surface area contributed by atoms with Crippen molar-refractivity contribution in [1.82, 2.24) is 9.21 Å². The Balaban J connectivity index is 1.84. The highest BCUT2D eigenvalue weighted by molar-refractivity contribution is 8.00. The van der Waals surface area contributed by atoms with E-state index in [2.05, 4.69) is 0 Å². The maximum Gasteiger partial charge on any atom is 0.244 e. The molecule has 2 heterocycles. The molecule has 2 aliphatic heterocycles. The summed E-state index contributed by atoms with van der Waals surface area (Å²) in [5, 5.41) is 0.369. The van der Waals surface area contributed by atoms with Gasteiger partial charge in [0.15, 0.2) is 0 Å². The number of hydrogen-bond donors (Lipinski definition) is 0. The Morgan fingerprint density at radius 3 is 2.65 bits per heavy atom. The predicted molar refractivity (Wildman–Crippen MR) is 95.5 cm³/mol. The molecular formula is C14H17ClN2O3S3. The minimum absolute atomic E-state index is 0.0825. The number of amides is 1. The molecule has 23 heavy (non-hydrogen) atoms. The van der Waals surface area contributed by atoms with Crippen LogP contribution in [0.5, 0.6) is 0 Å². The van der Waals surface area contributed by atoms with Crippen LogP contribution in [0.25, 0.3) is 0 Å². The van der Waals surface area contributed by atoms with E-state index in [1.165, 1.54) is 28.2 Å². The average Bonchev–Trinajstić information content (AvgIpc) is 3.05. The smallest absolute Gasteiger partial charge is 0.244 e. The predicted octanol–water partition coefficient (Wildman–Crippen LogP) is 1.98. The second-order valence-corrected chi connectivity index (χ2v) is 9.85. The molecule has 2 aliphatic rings. The zero-order valence-corrected chi connectivity index (χ0v) is 15.6. The van der Waals surface area contributed by atoms with Crippen molar-refractivity contribution >= 4 is 51.1 Å². The number of carbonyl (C=O) groups is 1. The van der Waals surface area contributed by atoms with Crippen LogP contribution in [0.2, 0.25) is 5.02 Å². The van der Waals surface area contributed by atoms with Gasteiger partial charge in [-0.1, -0.05) is 17.7 Å². The quantitative estimate of drug-likeness (QED) is 0.787. The molecule has 1 aromatic carbocycles. The van der Waals surface area contributed by atoms with Gasteiger partial charge in [0.2, 0.25) is 15.9 Å². The number of benzene rings is 1. The third kappa shape index (κ3) is 3.66. The summed E-state index contributed by atoms with van der Waals surface area (Å²) in [6.07, 6.45) is 0. The molecule has 9 heteroatoms. The van der Waals surface area contributed by atoms with Crippen LogP contribution < -0.4 is 0 Å². The van der Waals surface area contributed by atoms with Gasteiger partial charge in [-0.3, -0.25) is 4.79 Å². The largest absolute Gasteiger partial charge is 0.340 e. The number of hydrogen-bond acceptors (Lipinski definition) is 5. The van der Waals surface area contributed by atoms with Crippen LogP contribution in [0.3, 0.4) is 0 Å². The summed E-state index contributed by atoms with van der Waals surface area (Å²) in [7, 11) is -3.72. The fourth-order valence-electron chi connectivity index (χ4n) is 2.62. The van der Waals surface area contributed by atoms with Crippen LogP contribution in [0.15, 0.2) is 29.2 Å². The van der Waals surface area contributed by atoms with Crippen LogP contribution >= 0.6 is 35.1 Å². The van der Waals surface area contributed by atoms with Gasteiger partial charge in [0.25, 0.3) is 0 Å². The van der Waals surface area contributed by atoms with E-state index in [1.807, 2.05) is 11.8 Å². The normalized spacial score (nSPS) is 23.2. The van der Waals surface area contributed by atoms with Crippen molar-refractivity contribution in [2.45, 2.75) is 10.9 Å². The molecule has 1 unspecified atom stereocenters. The van der Waals surface area contributed by atoms with Crippen molar-refractivity contribution in [3.8, 4) is 0 Å². The molecule has 0 bridgehead atoms. The van der Waals surface area contributed by atoms with E-state index in [0.29, 0.717) is 29.7 Å². The minimum Gasteiger partial charge on any atom is -0.340 e. The van der Waals surface area contributed by atoms with Gasteiger partial charge in [0, 0.05) is 35.4 Å². The number of halogens is 1. The number of thioether (sulfide) groups is 2. The van der Waals surface area contributed by atoms with Crippen molar-refractivity contribution in [1.29, 1.82) is 0 Å². The lowest BCUT2D eigenvalue weighted by Crippen LogP contribution is -2.51. The first-order chi connectivity index (χ1) is 11.0. The van der Waals surface area contributed by atoms with Crippen LogP contribution in [-0.2, 0) is 14.8 Å². The average molecular weight is 393 g/mol. The van der Waals surface area contributed by atoms with Gasteiger partial charge >= 0.3 is 0 Å². The van der Waals surface area contributed by atoms with Gasteiger partial charge in [-0.25, -0.2) is 8.42 Å². The number of rotatable bonds is 3. The SMILES string of the molecule is O=C(C1CSCN1S(=O)(=O)c1cccc(Cl)c1)N1CCSCC1. The molecule has 0 saturated carbocycles. The second kappa shape index (κ2) is 7.23. The fourth-order valence-corrected chi connectivity index (χ4v) is 6.96. The van der Waals surface area contributed by atoms with Crippen molar-refractivity contribution in [2.75, 3.05) is 36.2 Å². The minimum atomic E-state index is -3.72. The Morgan fingerprint density at radius 1 is 1.22 bits per heavy atom. The zero-order chi connectivity index (χ0) is 16.4. The molecule has 3 rings (SSSR count). The molecule has 2 fully saturated rings. The first kappa shape index (κ1) is 17.4. The molecule has 0 radical (unpaired) electrons. The van der Waals surface area contributed by atoms with E-state index in [-0.39, 0.29) is 10.8 Å². The van der Waals surface area contributed by atoms with Gasteiger partial charge in [0.05, 0.1) is 10.8 Å². The highest BCUT2D eigenvalue weighted by Gasteiger charge is 2.41. The summed E-state index contributed by atoms with van der Waals surface area (Å²) in [6.45, 7) is 1.38. The maximum atomic E-state index is 12.9. The molecule has 2 saturated heterocycles. The van der Waals surface area contributed by atoms with Gasteiger partial charge in [-0.05, 0) is 18.2 Å². The first-order valence-electron chi connectivity index (χ1n) is 7.22. The Bertz CT molecular complexity index is 692. The third-order valence-corrected chi connectivity index (χ3v) is 8.06. The van der Waals surface area contributed by atoms with E-state index < -0.39 is 16.1 Å². The Morgan fingerprint density at radius 2 is 1.96 bits per heavy atom. The molecule has 126 valence electrons. The number of nitrogens with zero attached hydrogens (tertiary/aromatic N) is 2. The summed E-state index contributed by atoms with van der Waals surface area (Å²) < 4.78 is 27.0. The Labute approximate surface area is 149 Å². The molecule has 1 atom stereocenters. The third-order valence-electron chi connectivity index (χ3n) is 3.85. The zero-order valence-electron chi connectivity index (χ0n) is 12.4. The molecule has 0 aliphatic carbocycles. The molecule has 5 nitrogen and oxygen atoms in total. The molecule has 0 aromatic heterocycles. The van der Waals surface area contributed by atoms with Crippen molar-refractivity contribution in [3.05, 3.63) is 29.3 Å². The molecule has 0 N–H and O–H groups in total. The van der Waals surface area contributed by atoms with E-state index in [0.717, 1.165) is 11.5 Å². The summed E-state index contributed by atoms with van der Waals surface area (Å²) in [5.74, 6) is 2.54. The van der Waals surface area contributed by atoms with Crippen LogP contribution in [0, 0.1) is 0 Å². The van der Waals surface area contributed by atoms with Crippen molar-refractivity contribution < 1.29 is 13.2 Å². The van der Waals surface area contributed by atoms with Gasteiger partial charge in [-0.2, -0.15) is 16.1 Å². The van der Waals surface area contributed by atoms with Crippen LogP contribution in [-0.4, -0.2) is 65.8 Å². The van der Waals surface area contributed by atoms with Crippen molar-refractivity contribution in [2.24, 2.45) is 0 Å². The van der Waals surface area contributed by atoms with Crippen LogP contribution in [0.1, 0.15) is 0 Å². The van der Waals surface area contributed by atoms with E-state index >= 15 is 0 Å². The maximum absolute atomic E-state index is 12.9. The highest BCUT2D eigenvalue weighted by atomic mass is 35.5. The Kier molecular flexibility index (Phi) is 5.47. The highest BCUT2D eigenvalue weighted by Crippen LogP contribution is 2.30. The van der Waals surface area contributed by atoms with Crippen LogP contribution in [0.4, 0.5) is 0 Å². The number of sulfonamides is 1. The number of carbonyl (C=O) groups excluding carboxylic acids is 1. The van der Waals surface area contributed by atoms with Crippen molar-refractivity contribution in [3.63, 3.8) is 0 Å². The Hall–Kier alpha value is -0.410. The molecule has 0 spiro atoms. The summed E-state index contributed by atoms with van der Waals surface area (Å²) in [4.78, 5) is 14.7. The van der Waals surface area contributed by atoms with Gasteiger partial charge < -0.3 is 4.90 Å². The molecule has 1 aromatic rings.